The summed E-state index contributed by atoms with van der Waals surface area (Å²) >= 11 is 0. The van der Waals surface area contributed by atoms with Crippen LogP contribution < -0.4 is 10.5 Å². The first-order valence-electron chi connectivity index (χ1n) is 5.05. The van der Waals surface area contributed by atoms with E-state index in [1.807, 2.05) is 0 Å². The van der Waals surface area contributed by atoms with Crippen molar-refractivity contribution in [2.75, 3.05) is 6.61 Å². The molecule has 0 bridgehead atoms. The molecule has 1 aromatic rings. The summed E-state index contributed by atoms with van der Waals surface area (Å²) in [5.74, 6) is -0.520. The highest BCUT2D eigenvalue weighted by molar-refractivity contribution is 5.36. The van der Waals surface area contributed by atoms with Gasteiger partial charge >= 0.3 is 6.18 Å². The van der Waals surface area contributed by atoms with Crippen LogP contribution in [0.2, 0.25) is 0 Å². The van der Waals surface area contributed by atoms with Crippen LogP contribution in [0.1, 0.15) is 24.9 Å². The fourth-order valence-electron chi connectivity index (χ4n) is 1.36. The summed E-state index contributed by atoms with van der Waals surface area (Å²) in [5, 5.41) is 0. The first-order valence-corrected chi connectivity index (χ1v) is 5.05. The Balaban J connectivity index is 2.74. The minimum absolute atomic E-state index is 0.0595. The van der Waals surface area contributed by atoms with Crippen LogP contribution in [0.25, 0.3) is 0 Å². The lowest BCUT2D eigenvalue weighted by Gasteiger charge is -2.15. The fraction of sp³-hybridized carbons (Fsp3) is 0.455. The number of nitrogens with two attached hydrogens (primary N) is 1. The number of ether oxygens (including phenoxy) is 1. The Morgan fingerprint density at radius 2 is 2.00 bits per heavy atom. The number of benzene rings is 1. The van der Waals surface area contributed by atoms with Crippen molar-refractivity contribution in [1.29, 1.82) is 0 Å². The fourth-order valence-corrected chi connectivity index (χ4v) is 1.36. The van der Waals surface area contributed by atoms with Crippen LogP contribution in [0.5, 0.6) is 5.75 Å². The highest BCUT2D eigenvalue weighted by Crippen LogP contribution is 2.27. The van der Waals surface area contributed by atoms with E-state index in [0.717, 1.165) is 0 Å². The maximum absolute atomic E-state index is 13.4. The van der Waals surface area contributed by atoms with Gasteiger partial charge < -0.3 is 10.5 Å². The molecule has 1 rings (SSSR count). The Bertz CT molecular complexity index is 376. The quantitative estimate of drug-likeness (QED) is 0.834. The molecule has 2 nitrogen and oxygen atoms in total. The summed E-state index contributed by atoms with van der Waals surface area (Å²) < 4.78 is 54.0. The standard InChI is InChI=1S/C11H13F4NO/c1-7(16)10-8(12)3-2-4-9(10)17-6-5-11(13,14)15/h2-4,7H,5-6,16H2,1H3. The van der Waals surface area contributed by atoms with Gasteiger partial charge in [-0.25, -0.2) is 4.39 Å². The molecule has 0 aliphatic heterocycles. The minimum atomic E-state index is -4.29. The lowest BCUT2D eigenvalue weighted by molar-refractivity contribution is -0.139. The van der Waals surface area contributed by atoms with Gasteiger partial charge in [0.1, 0.15) is 11.6 Å². The van der Waals surface area contributed by atoms with Crippen LogP contribution in [-0.4, -0.2) is 12.8 Å². The molecule has 0 radical (unpaired) electrons. The number of halogens is 4. The van der Waals surface area contributed by atoms with Gasteiger partial charge in [0, 0.05) is 11.6 Å². The van der Waals surface area contributed by atoms with E-state index in [-0.39, 0.29) is 11.3 Å². The molecular weight excluding hydrogens is 238 g/mol. The zero-order valence-corrected chi connectivity index (χ0v) is 9.22. The van der Waals surface area contributed by atoms with Gasteiger partial charge in [0.25, 0.3) is 0 Å². The molecule has 2 N–H and O–H groups in total. The predicted octanol–water partition coefficient (Wildman–Crippen LogP) is 3.18. The number of alkyl halides is 3. The van der Waals surface area contributed by atoms with Crippen molar-refractivity contribution in [2.24, 2.45) is 5.73 Å². The molecule has 0 amide bonds. The average molecular weight is 251 g/mol. The maximum Gasteiger partial charge on any atom is 0.392 e. The topological polar surface area (TPSA) is 35.2 Å². The smallest absolute Gasteiger partial charge is 0.392 e. The Morgan fingerprint density at radius 3 is 2.53 bits per heavy atom. The van der Waals surface area contributed by atoms with Gasteiger partial charge in [-0.15, -0.1) is 0 Å². The van der Waals surface area contributed by atoms with Crippen molar-refractivity contribution in [3.8, 4) is 5.75 Å². The highest BCUT2D eigenvalue weighted by atomic mass is 19.4. The summed E-state index contributed by atoms with van der Waals surface area (Å²) in [4.78, 5) is 0. The SMILES string of the molecule is CC(N)c1c(F)cccc1OCCC(F)(F)F. The molecule has 17 heavy (non-hydrogen) atoms. The second kappa shape index (κ2) is 5.35. The molecule has 1 atom stereocenters. The second-order valence-electron chi connectivity index (χ2n) is 3.65. The molecule has 0 saturated carbocycles. The molecule has 0 spiro atoms. The van der Waals surface area contributed by atoms with Crippen LogP contribution in [-0.2, 0) is 0 Å². The number of hydrogen-bond acceptors (Lipinski definition) is 2. The Morgan fingerprint density at radius 1 is 1.35 bits per heavy atom. The van der Waals surface area contributed by atoms with Crippen LogP contribution in [0.3, 0.4) is 0 Å². The lowest BCUT2D eigenvalue weighted by Crippen LogP contribution is -2.15. The van der Waals surface area contributed by atoms with E-state index >= 15 is 0 Å². The summed E-state index contributed by atoms with van der Waals surface area (Å²) in [6.07, 6.45) is -5.37. The van der Waals surface area contributed by atoms with E-state index < -0.39 is 31.1 Å². The van der Waals surface area contributed by atoms with Crippen LogP contribution in [0, 0.1) is 5.82 Å². The first-order chi connectivity index (χ1) is 7.81. The van der Waals surface area contributed by atoms with Gasteiger partial charge in [-0.05, 0) is 19.1 Å². The van der Waals surface area contributed by atoms with Gasteiger partial charge in [0.15, 0.2) is 0 Å². The molecule has 1 unspecified atom stereocenters. The molecule has 0 saturated heterocycles. The Hall–Kier alpha value is -1.30. The second-order valence-corrected chi connectivity index (χ2v) is 3.65. The molecule has 0 aliphatic carbocycles. The molecule has 0 heterocycles. The van der Waals surface area contributed by atoms with E-state index in [4.69, 9.17) is 10.5 Å². The van der Waals surface area contributed by atoms with Crippen molar-refractivity contribution < 1.29 is 22.3 Å². The molecule has 1 aromatic carbocycles. The monoisotopic (exact) mass is 251 g/mol. The van der Waals surface area contributed by atoms with E-state index in [9.17, 15) is 17.6 Å². The zero-order chi connectivity index (χ0) is 13.1. The van der Waals surface area contributed by atoms with E-state index in [2.05, 4.69) is 0 Å². The van der Waals surface area contributed by atoms with Gasteiger partial charge in [-0.3, -0.25) is 0 Å². The van der Waals surface area contributed by atoms with Crippen molar-refractivity contribution in [3.63, 3.8) is 0 Å². The van der Waals surface area contributed by atoms with E-state index in [1.54, 1.807) is 0 Å². The van der Waals surface area contributed by atoms with Crippen LogP contribution in [0.15, 0.2) is 18.2 Å². The van der Waals surface area contributed by atoms with Crippen molar-refractivity contribution >= 4 is 0 Å². The van der Waals surface area contributed by atoms with Crippen LogP contribution in [0.4, 0.5) is 17.6 Å². The predicted molar refractivity (Wildman–Crippen MR) is 55.2 cm³/mol. The zero-order valence-electron chi connectivity index (χ0n) is 9.22. The highest BCUT2D eigenvalue weighted by Gasteiger charge is 2.27. The third kappa shape index (κ3) is 4.22. The molecule has 6 heteroatoms. The maximum atomic E-state index is 13.4. The third-order valence-electron chi connectivity index (χ3n) is 2.11. The van der Waals surface area contributed by atoms with Crippen LogP contribution >= 0.6 is 0 Å². The number of rotatable bonds is 4. The Kier molecular flexibility index (Phi) is 4.34. The molecule has 0 aromatic heterocycles. The largest absolute Gasteiger partial charge is 0.493 e. The molecule has 96 valence electrons. The summed E-state index contributed by atoms with van der Waals surface area (Å²) in [5.41, 5.74) is 5.62. The van der Waals surface area contributed by atoms with Gasteiger partial charge in [0.2, 0.25) is 0 Å². The van der Waals surface area contributed by atoms with E-state index in [1.165, 1.54) is 25.1 Å². The Labute approximate surface area is 96.4 Å². The molecular formula is C11H13F4NO. The number of hydrogen-bond donors (Lipinski definition) is 1. The third-order valence-corrected chi connectivity index (χ3v) is 2.11. The molecule has 0 aliphatic rings. The lowest BCUT2D eigenvalue weighted by atomic mass is 10.1. The summed E-state index contributed by atoms with van der Waals surface area (Å²) in [6.45, 7) is 0.988. The molecule has 0 fully saturated rings. The van der Waals surface area contributed by atoms with E-state index in [0.29, 0.717) is 0 Å². The first kappa shape index (κ1) is 13.8. The minimum Gasteiger partial charge on any atom is -0.493 e. The van der Waals surface area contributed by atoms with Crippen molar-refractivity contribution in [2.45, 2.75) is 25.6 Å². The summed E-state index contributed by atoms with van der Waals surface area (Å²) in [6, 6.07) is 3.31. The van der Waals surface area contributed by atoms with Gasteiger partial charge in [0.05, 0.1) is 13.0 Å². The average Bonchev–Trinajstić information content (AvgIpc) is 2.14. The summed E-state index contributed by atoms with van der Waals surface area (Å²) in [7, 11) is 0. The van der Waals surface area contributed by atoms with Crippen molar-refractivity contribution in [1.82, 2.24) is 0 Å². The normalized spacial score (nSPS) is 13.5. The van der Waals surface area contributed by atoms with Gasteiger partial charge in [-0.2, -0.15) is 13.2 Å². The van der Waals surface area contributed by atoms with Gasteiger partial charge in [-0.1, -0.05) is 6.07 Å². The van der Waals surface area contributed by atoms with Crippen molar-refractivity contribution in [3.05, 3.63) is 29.6 Å².